The van der Waals surface area contributed by atoms with Crippen LogP contribution in [0.5, 0.6) is 0 Å². The number of Topliss-reactive ketones (excluding diaryl/α,β-unsaturated/α-hetero) is 1. The van der Waals surface area contributed by atoms with E-state index in [1.54, 1.807) is 11.8 Å². The second-order valence-electron chi connectivity index (χ2n) is 6.89. The summed E-state index contributed by atoms with van der Waals surface area (Å²) >= 11 is 7.20. The van der Waals surface area contributed by atoms with Crippen LogP contribution in [0.2, 0.25) is 5.02 Å². The van der Waals surface area contributed by atoms with Gasteiger partial charge in [0.05, 0.1) is 10.6 Å². The molecular weight excluding hydrogens is 412 g/mol. The van der Waals surface area contributed by atoms with Crippen molar-refractivity contribution in [1.29, 1.82) is 0 Å². The number of aromatic nitrogens is 1. The van der Waals surface area contributed by atoms with Gasteiger partial charge in [-0.15, -0.1) is 0 Å². The van der Waals surface area contributed by atoms with E-state index in [0.717, 1.165) is 30.1 Å². The van der Waals surface area contributed by atoms with E-state index in [1.165, 1.54) is 6.92 Å². The van der Waals surface area contributed by atoms with Crippen LogP contribution in [-0.2, 0) is 9.59 Å². The summed E-state index contributed by atoms with van der Waals surface area (Å²) in [4.78, 5) is 44.8. The molecule has 1 aliphatic heterocycles. The number of aryl methyl sites for hydroxylation is 1. The van der Waals surface area contributed by atoms with Gasteiger partial charge in [0, 0.05) is 56.7 Å². The van der Waals surface area contributed by atoms with Crippen LogP contribution < -0.4 is 10.2 Å². The van der Waals surface area contributed by atoms with Gasteiger partial charge in [-0.05, 0) is 25.1 Å². The average molecular weight is 435 g/mol. The van der Waals surface area contributed by atoms with E-state index in [-0.39, 0.29) is 30.4 Å². The van der Waals surface area contributed by atoms with Crippen LogP contribution in [0, 0.1) is 6.92 Å². The first-order chi connectivity index (χ1) is 13.8. The van der Waals surface area contributed by atoms with Crippen molar-refractivity contribution >= 4 is 51.4 Å². The van der Waals surface area contributed by atoms with Gasteiger partial charge in [0.15, 0.2) is 10.9 Å². The van der Waals surface area contributed by atoms with Crippen LogP contribution >= 0.6 is 22.9 Å². The number of carbonyl (C=O) groups excluding carboxylic acids is 3. The smallest absolute Gasteiger partial charge is 0.226 e. The Labute approximate surface area is 178 Å². The van der Waals surface area contributed by atoms with Gasteiger partial charge >= 0.3 is 0 Å². The lowest BCUT2D eigenvalue weighted by molar-refractivity contribution is -0.133. The second-order valence-corrected chi connectivity index (χ2v) is 8.32. The standard InChI is InChI=1S/C20H23ClN4O3S/c1-13-19(14(2)26)29-20(22-13)23-17(27)6-7-18(28)25-10-8-24(9-11-25)16-5-3-4-15(21)12-16/h3-5,12H,6-11H2,1-2H3,(H,22,23,27). The molecule has 9 heteroatoms. The molecule has 0 aliphatic carbocycles. The van der Waals surface area contributed by atoms with E-state index in [0.29, 0.717) is 33.8 Å². The van der Waals surface area contributed by atoms with E-state index in [9.17, 15) is 14.4 Å². The van der Waals surface area contributed by atoms with Crippen LogP contribution in [0.3, 0.4) is 0 Å². The molecular formula is C20H23ClN4O3S. The first-order valence-corrected chi connectivity index (χ1v) is 10.6. The molecule has 1 aliphatic rings. The van der Waals surface area contributed by atoms with E-state index in [1.807, 2.05) is 24.3 Å². The Morgan fingerprint density at radius 1 is 1.17 bits per heavy atom. The number of rotatable bonds is 6. The van der Waals surface area contributed by atoms with Crippen LogP contribution in [-0.4, -0.2) is 53.7 Å². The fourth-order valence-electron chi connectivity index (χ4n) is 3.22. The first-order valence-electron chi connectivity index (χ1n) is 9.40. The fourth-order valence-corrected chi connectivity index (χ4v) is 4.29. The van der Waals surface area contributed by atoms with Gasteiger partial charge in [-0.25, -0.2) is 4.98 Å². The van der Waals surface area contributed by atoms with Gasteiger partial charge in [0.25, 0.3) is 0 Å². The topological polar surface area (TPSA) is 82.6 Å². The number of amides is 2. The SMILES string of the molecule is CC(=O)c1sc(NC(=O)CCC(=O)N2CCN(c3cccc(Cl)c3)CC2)nc1C. The number of carbonyl (C=O) groups is 3. The minimum Gasteiger partial charge on any atom is -0.368 e. The zero-order valence-electron chi connectivity index (χ0n) is 16.4. The maximum absolute atomic E-state index is 12.4. The Hall–Kier alpha value is -2.45. The number of halogens is 1. The van der Waals surface area contributed by atoms with Crippen molar-refractivity contribution in [2.45, 2.75) is 26.7 Å². The molecule has 154 valence electrons. The molecule has 0 unspecified atom stereocenters. The lowest BCUT2D eigenvalue weighted by Crippen LogP contribution is -2.48. The predicted molar refractivity (Wildman–Crippen MR) is 115 cm³/mol. The number of thiazole rings is 1. The highest BCUT2D eigenvalue weighted by atomic mass is 35.5. The highest BCUT2D eigenvalue weighted by molar-refractivity contribution is 7.17. The average Bonchev–Trinajstić information content (AvgIpc) is 3.06. The molecule has 0 saturated carbocycles. The van der Waals surface area contributed by atoms with E-state index in [2.05, 4.69) is 15.2 Å². The van der Waals surface area contributed by atoms with Gasteiger partial charge in [-0.3, -0.25) is 14.4 Å². The summed E-state index contributed by atoms with van der Waals surface area (Å²) in [6.07, 6.45) is 0.230. The number of nitrogens with one attached hydrogen (secondary N) is 1. The number of hydrogen-bond acceptors (Lipinski definition) is 6. The van der Waals surface area contributed by atoms with Crippen LogP contribution in [0.1, 0.15) is 35.1 Å². The molecule has 0 spiro atoms. The third kappa shape index (κ3) is 5.55. The van der Waals surface area contributed by atoms with E-state index < -0.39 is 0 Å². The molecule has 2 amide bonds. The van der Waals surface area contributed by atoms with E-state index >= 15 is 0 Å². The van der Waals surface area contributed by atoms with Crippen LogP contribution in [0.4, 0.5) is 10.8 Å². The summed E-state index contributed by atoms with van der Waals surface area (Å²) < 4.78 is 0. The number of nitrogens with zero attached hydrogens (tertiary/aromatic N) is 3. The largest absolute Gasteiger partial charge is 0.368 e. The number of piperazine rings is 1. The fraction of sp³-hybridized carbons (Fsp3) is 0.400. The molecule has 2 aromatic rings. The molecule has 0 atom stereocenters. The molecule has 1 fully saturated rings. The minimum absolute atomic E-state index is 0.0364. The van der Waals surface area contributed by atoms with Crippen molar-refractivity contribution in [3.05, 3.63) is 39.9 Å². The Balaban J connectivity index is 1.44. The predicted octanol–water partition coefficient (Wildman–Crippen LogP) is 3.38. The molecule has 29 heavy (non-hydrogen) atoms. The lowest BCUT2D eigenvalue weighted by atomic mass is 10.2. The first kappa shape index (κ1) is 21.3. The summed E-state index contributed by atoms with van der Waals surface area (Å²) in [7, 11) is 0. The van der Waals surface area contributed by atoms with Gasteiger partial charge in [0.1, 0.15) is 0 Å². The van der Waals surface area contributed by atoms with Gasteiger partial charge in [0.2, 0.25) is 11.8 Å². The van der Waals surface area contributed by atoms with Crippen molar-refractivity contribution in [3.8, 4) is 0 Å². The normalized spacial score (nSPS) is 14.0. The van der Waals surface area contributed by atoms with Crippen molar-refractivity contribution in [2.75, 3.05) is 36.4 Å². The zero-order chi connectivity index (χ0) is 21.0. The minimum atomic E-state index is -0.278. The Bertz CT molecular complexity index is 922. The summed E-state index contributed by atoms with van der Waals surface area (Å²) in [5.41, 5.74) is 1.65. The maximum Gasteiger partial charge on any atom is 0.226 e. The molecule has 1 aromatic heterocycles. The lowest BCUT2D eigenvalue weighted by Gasteiger charge is -2.36. The third-order valence-electron chi connectivity index (χ3n) is 4.73. The summed E-state index contributed by atoms with van der Waals surface area (Å²) in [6, 6.07) is 7.67. The molecule has 0 radical (unpaired) electrons. The molecule has 2 heterocycles. The second kappa shape index (κ2) is 9.37. The Morgan fingerprint density at radius 2 is 1.90 bits per heavy atom. The van der Waals surface area contributed by atoms with Gasteiger partial charge < -0.3 is 15.1 Å². The molecule has 1 aromatic carbocycles. The highest BCUT2D eigenvalue weighted by Crippen LogP contribution is 2.23. The maximum atomic E-state index is 12.4. The highest BCUT2D eigenvalue weighted by Gasteiger charge is 2.22. The molecule has 3 rings (SSSR count). The molecule has 7 nitrogen and oxygen atoms in total. The molecule has 0 bridgehead atoms. The molecule has 1 N–H and O–H groups in total. The summed E-state index contributed by atoms with van der Waals surface area (Å²) in [5, 5.41) is 3.76. The van der Waals surface area contributed by atoms with Crippen LogP contribution in [0.25, 0.3) is 0 Å². The van der Waals surface area contributed by atoms with Gasteiger partial charge in [-0.2, -0.15) is 0 Å². The Kier molecular flexibility index (Phi) is 6.87. The van der Waals surface area contributed by atoms with Crippen molar-refractivity contribution in [3.63, 3.8) is 0 Å². The number of benzene rings is 1. The van der Waals surface area contributed by atoms with Crippen molar-refractivity contribution in [2.24, 2.45) is 0 Å². The molecule has 1 saturated heterocycles. The third-order valence-corrected chi connectivity index (χ3v) is 6.14. The number of hydrogen-bond donors (Lipinski definition) is 1. The van der Waals surface area contributed by atoms with Gasteiger partial charge in [-0.1, -0.05) is 29.0 Å². The van der Waals surface area contributed by atoms with E-state index in [4.69, 9.17) is 11.6 Å². The summed E-state index contributed by atoms with van der Waals surface area (Å²) in [6.45, 7) is 5.88. The Morgan fingerprint density at radius 3 is 2.52 bits per heavy atom. The number of ketones is 1. The van der Waals surface area contributed by atoms with Crippen molar-refractivity contribution < 1.29 is 14.4 Å². The zero-order valence-corrected chi connectivity index (χ0v) is 18.0. The monoisotopic (exact) mass is 434 g/mol. The number of anilines is 2. The summed E-state index contributed by atoms with van der Waals surface area (Å²) in [5.74, 6) is -0.391. The van der Waals surface area contributed by atoms with Crippen molar-refractivity contribution in [1.82, 2.24) is 9.88 Å². The van der Waals surface area contributed by atoms with Crippen LogP contribution in [0.15, 0.2) is 24.3 Å². The quantitative estimate of drug-likeness (QED) is 0.705.